The van der Waals surface area contributed by atoms with Crippen LogP contribution < -0.4 is 5.32 Å². The first kappa shape index (κ1) is 27.0. The molecular formula is C24H37IN4O2S. The number of thiazole rings is 1. The minimum atomic E-state index is 0. The quantitative estimate of drug-likeness (QED) is 0.180. The molecule has 32 heavy (non-hydrogen) atoms. The van der Waals surface area contributed by atoms with Gasteiger partial charge in [-0.2, -0.15) is 0 Å². The van der Waals surface area contributed by atoms with Crippen LogP contribution in [0.5, 0.6) is 0 Å². The fraction of sp³-hybridized carbons (Fsp3) is 0.583. The topological polar surface area (TPSA) is 59.0 Å². The maximum Gasteiger partial charge on any atom is 0.194 e. The average Bonchev–Trinajstić information content (AvgIpc) is 3.26. The zero-order valence-corrected chi connectivity index (χ0v) is 22.8. The van der Waals surface area contributed by atoms with Gasteiger partial charge in [0.2, 0.25) is 0 Å². The molecule has 0 saturated carbocycles. The fourth-order valence-electron chi connectivity index (χ4n) is 3.83. The zero-order chi connectivity index (χ0) is 22.1. The first-order chi connectivity index (χ1) is 15.1. The lowest BCUT2D eigenvalue weighted by Gasteiger charge is -2.25. The Balaban J connectivity index is 0.00000363. The van der Waals surface area contributed by atoms with E-state index in [4.69, 9.17) is 19.5 Å². The molecule has 3 rings (SSSR count). The monoisotopic (exact) mass is 572 g/mol. The van der Waals surface area contributed by atoms with Crippen molar-refractivity contribution in [3.05, 3.63) is 51.5 Å². The van der Waals surface area contributed by atoms with E-state index in [2.05, 4.69) is 53.8 Å². The predicted molar refractivity (Wildman–Crippen MR) is 143 cm³/mol. The van der Waals surface area contributed by atoms with Gasteiger partial charge in [-0.25, -0.2) is 4.98 Å². The van der Waals surface area contributed by atoms with Crippen LogP contribution in [0.1, 0.15) is 67.1 Å². The van der Waals surface area contributed by atoms with Crippen molar-refractivity contribution in [2.45, 2.75) is 58.3 Å². The van der Waals surface area contributed by atoms with E-state index in [9.17, 15) is 0 Å². The van der Waals surface area contributed by atoms with E-state index >= 15 is 0 Å². The molecule has 2 atom stereocenters. The Kier molecular flexibility index (Phi) is 11.9. The van der Waals surface area contributed by atoms with Crippen molar-refractivity contribution in [1.29, 1.82) is 0 Å². The molecule has 1 aromatic carbocycles. The van der Waals surface area contributed by atoms with Crippen LogP contribution in [0.25, 0.3) is 0 Å². The van der Waals surface area contributed by atoms with Crippen LogP contribution in [0.15, 0.2) is 34.6 Å². The van der Waals surface area contributed by atoms with E-state index in [-0.39, 0.29) is 36.2 Å². The summed E-state index contributed by atoms with van der Waals surface area (Å²) in [6.07, 6.45) is 4.66. The maximum atomic E-state index is 6.22. The number of rotatable bonds is 10. The lowest BCUT2D eigenvalue weighted by molar-refractivity contribution is 0.0402. The standard InChI is InChI=1S/C24H36N4O2S.HI/c1-5-25-24(28(3)16-20-17-31-23(27-20)18(2)29-4)26-14-9-15-30-22-13-8-11-19-10-6-7-12-21(19)22;/h6-7,10,12,17-18,22H,5,8-9,11,13-16H2,1-4H3,(H,25,26);1H. The Hall–Kier alpha value is -1.23. The molecule has 1 aliphatic carbocycles. The van der Waals surface area contributed by atoms with Crippen LogP contribution in [0.2, 0.25) is 0 Å². The summed E-state index contributed by atoms with van der Waals surface area (Å²) in [6, 6.07) is 8.69. The van der Waals surface area contributed by atoms with E-state index in [0.717, 1.165) is 49.2 Å². The summed E-state index contributed by atoms with van der Waals surface area (Å²) in [5.41, 5.74) is 3.85. The number of nitrogens with one attached hydrogen (secondary N) is 1. The van der Waals surface area contributed by atoms with Gasteiger partial charge in [0.1, 0.15) is 11.1 Å². The average molecular weight is 573 g/mol. The molecule has 1 aromatic heterocycles. The highest BCUT2D eigenvalue weighted by Crippen LogP contribution is 2.32. The first-order valence-corrected chi connectivity index (χ1v) is 12.2. The number of aryl methyl sites for hydroxylation is 1. The number of hydrogen-bond donors (Lipinski definition) is 1. The summed E-state index contributed by atoms with van der Waals surface area (Å²) in [5.74, 6) is 0.903. The van der Waals surface area contributed by atoms with Gasteiger partial charge in [-0.05, 0) is 50.7 Å². The predicted octanol–water partition coefficient (Wildman–Crippen LogP) is 5.35. The van der Waals surface area contributed by atoms with Gasteiger partial charge in [0.05, 0.1) is 18.3 Å². The third-order valence-corrected chi connectivity index (χ3v) is 6.62. The largest absolute Gasteiger partial charge is 0.375 e. The van der Waals surface area contributed by atoms with Gasteiger partial charge in [-0.15, -0.1) is 35.3 Å². The molecule has 6 nitrogen and oxygen atoms in total. The molecule has 1 heterocycles. The summed E-state index contributed by atoms with van der Waals surface area (Å²) in [6.45, 7) is 7.13. The van der Waals surface area contributed by atoms with Crippen LogP contribution in [0.4, 0.5) is 0 Å². The second-order valence-corrected chi connectivity index (χ2v) is 8.84. The number of halogens is 1. The lowest BCUT2D eigenvalue weighted by Crippen LogP contribution is -2.38. The molecule has 0 spiro atoms. The molecule has 2 aromatic rings. The lowest BCUT2D eigenvalue weighted by atomic mass is 9.89. The van der Waals surface area contributed by atoms with Gasteiger partial charge in [-0.1, -0.05) is 24.3 Å². The van der Waals surface area contributed by atoms with Gasteiger partial charge < -0.3 is 19.7 Å². The number of nitrogens with zero attached hydrogens (tertiary/aromatic N) is 3. The maximum absolute atomic E-state index is 6.22. The Labute approximate surface area is 213 Å². The summed E-state index contributed by atoms with van der Waals surface area (Å²) < 4.78 is 11.6. The fourth-order valence-corrected chi connectivity index (χ4v) is 4.67. The van der Waals surface area contributed by atoms with Crippen LogP contribution >= 0.6 is 35.3 Å². The summed E-state index contributed by atoms with van der Waals surface area (Å²) in [4.78, 5) is 11.6. The van der Waals surface area contributed by atoms with Crippen molar-refractivity contribution in [3.63, 3.8) is 0 Å². The van der Waals surface area contributed by atoms with Crippen molar-refractivity contribution < 1.29 is 9.47 Å². The van der Waals surface area contributed by atoms with E-state index < -0.39 is 0 Å². The van der Waals surface area contributed by atoms with Crippen LogP contribution in [0.3, 0.4) is 0 Å². The third kappa shape index (κ3) is 7.67. The normalized spacial score (nSPS) is 16.8. The van der Waals surface area contributed by atoms with E-state index in [1.807, 2.05) is 6.92 Å². The number of aromatic nitrogens is 1. The van der Waals surface area contributed by atoms with Crippen molar-refractivity contribution >= 4 is 41.3 Å². The number of aliphatic imine (C=N–C) groups is 1. The molecule has 0 radical (unpaired) electrons. The number of guanidine groups is 1. The van der Waals surface area contributed by atoms with Crippen LogP contribution in [-0.2, 0) is 22.4 Å². The van der Waals surface area contributed by atoms with Crippen molar-refractivity contribution in [2.24, 2.45) is 4.99 Å². The van der Waals surface area contributed by atoms with Gasteiger partial charge in [0.15, 0.2) is 5.96 Å². The van der Waals surface area contributed by atoms with E-state index in [1.165, 1.54) is 24.0 Å². The van der Waals surface area contributed by atoms with Gasteiger partial charge in [-0.3, -0.25) is 4.99 Å². The summed E-state index contributed by atoms with van der Waals surface area (Å²) in [5, 5.41) is 6.49. The number of hydrogen-bond acceptors (Lipinski definition) is 5. The highest BCUT2D eigenvalue weighted by Gasteiger charge is 2.20. The third-order valence-electron chi connectivity index (χ3n) is 5.56. The highest BCUT2D eigenvalue weighted by atomic mass is 127. The summed E-state index contributed by atoms with van der Waals surface area (Å²) in [7, 11) is 3.76. The number of fused-ring (bicyclic) bond motifs is 1. The van der Waals surface area contributed by atoms with Crippen molar-refractivity contribution in [3.8, 4) is 0 Å². The van der Waals surface area contributed by atoms with Gasteiger partial charge in [0, 0.05) is 39.2 Å². The molecule has 2 unspecified atom stereocenters. The van der Waals surface area contributed by atoms with Crippen molar-refractivity contribution in [1.82, 2.24) is 15.2 Å². The first-order valence-electron chi connectivity index (χ1n) is 11.3. The molecule has 1 aliphatic rings. The molecule has 0 saturated heterocycles. The number of methoxy groups -OCH3 is 1. The molecule has 0 amide bonds. The second-order valence-electron chi connectivity index (χ2n) is 7.95. The molecule has 0 bridgehead atoms. The van der Waals surface area contributed by atoms with E-state index in [0.29, 0.717) is 6.54 Å². The molecule has 178 valence electrons. The molecule has 8 heteroatoms. The van der Waals surface area contributed by atoms with Crippen LogP contribution in [0, 0.1) is 0 Å². The smallest absolute Gasteiger partial charge is 0.194 e. The Morgan fingerprint density at radius 3 is 2.97 bits per heavy atom. The summed E-state index contributed by atoms with van der Waals surface area (Å²) >= 11 is 1.64. The molecule has 0 fully saturated rings. The molecular weight excluding hydrogens is 535 g/mol. The molecule has 0 aliphatic heterocycles. The van der Waals surface area contributed by atoms with Gasteiger partial charge in [0.25, 0.3) is 0 Å². The Morgan fingerprint density at radius 1 is 1.38 bits per heavy atom. The van der Waals surface area contributed by atoms with Crippen LogP contribution in [-0.4, -0.2) is 49.7 Å². The van der Waals surface area contributed by atoms with Crippen molar-refractivity contribution in [2.75, 3.05) is 33.9 Å². The SMILES string of the molecule is CCNC(=NCCCOC1CCCc2ccccc21)N(C)Cc1csc(C(C)OC)n1.I. The molecule has 1 N–H and O–H groups in total. The Bertz CT molecular complexity index is 845. The van der Waals surface area contributed by atoms with Gasteiger partial charge >= 0.3 is 0 Å². The highest BCUT2D eigenvalue weighted by molar-refractivity contribution is 14.0. The minimum absolute atomic E-state index is 0. The second kappa shape index (κ2) is 14.1. The zero-order valence-electron chi connectivity index (χ0n) is 19.7. The number of benzene rings is 1. The Morgan fingerprint density at radius 2 is 2.19 bits per heavy atom. The number of ether oxygens (including phenoxy) is 2. The van der Waals surface area contributed by atoms with E-state index in [1.54, 1.807) is 18.4 Å². The minimum Gasteiger partial charge on any atom is -0.375 e.